The van der Waals surface area contributed by atoms with Gasteiger partial charge in [-0.15, -0.1) is 20.5 Å². The predicted octanol–water partition coefficient (Wildman–Crippen LogP) is 11.4. The van der Waals surface area contributed by atoms with E-state index >= 15 is 0 Å². The summed E-state index contributed by atoms with van der Waals surface area (Å²) in [5.41, 5.74) is 5.95. The van der Waals surface area contributed by atoms with Gasteiger partial charge in [-0.1, -0.05) is 35.3 Å². The highest BCUT2D eigenvalue weighted by molar-refractivity contribution is 6.31. The molecule has 14 nitrogen and oxygen atoms in total. The number of imidazole rings is 2. The molecule has 4 aromatic carbocycles. The van der Waals surface area contributed by atoms with Crippen LogP contribution in [0.25, 0.3) is 49.3 Å². The number of carbonyl (C=O) groups is 1. The maximum Gasteiger partial charge on any atom is 0.234 e. The molecule has 0 saturated heterocycles. The summed E-state index contributed by atoms with van der Waals surface area (Å²) >= 11 is 12.3. The largest absolute Gasteiger partial charge is 0.494 e. The molecule has 0 unspecified atom stereocenters. The van der Waals surface area contributed by atoms with Gasteiger partial charge in [0.2, 0.25) is 17.4 Å². The molecule has 0 aliphatic carbocycles. The van der Waals surface area contributed by atoms with Gasteiger partial charge >= 0.3 is 0 Å². The van der Waals surface area contributed by atoms with Gasteiger partial charge < -0.3 is 14.9 Å². The van der Waals surface area contributed by atoms with Crippen LogP contribution in [0.5, 0.6) is 17.5 Å². The van der Waals surface area contributed by atoms with E-state index < -0.39 is 0 Å². The van der Waals surface area contributed by atoms with Crippen LogP contribution in [0.2, 0.25) is 10.0 Å². The first-order valence-electron chi connectivity index (χ1n) is 16.6. The fraction of sp³-hybridized carbons (Fsp3) is 0.0750. The zero-order chi connectivity index (χ0) is 39.4. The smallest absolute Gasteiger partial charge is 0.234 e. The first-order valence-corrected chi connectivity index (χ1v) is 17.4. The normalized spacial score (nSPS) is 11.7. The minimum Gasteiger partial charge on any atom is -0.494 e. The van der Waals surface area contributed by atoms with Crippen LogP contribution in [0.3, 0.4) is 0 Å². The molecule has 272 valence electrons. The first-order chi connectivity index (χ1) is 27.1. The molecule has 0 bridgehead atoms. The summed E-state index contributed by atoms with van der Waals surface area (Å²) in [6, 6.07) is 22.3. The van der Waals surface area contributed by atoms with Crippen molar-refractivity contribution in [1.29, 1.82) is 5.26 Å². The molecule has 0 aliphatic rings. The molecule has 0 spiro atoms. The van der Waals surface area contributed by atoms with Gasteiger partial charge in [0, 0.05) is 21.2 Å². The van der Waals surface area contributed by atoms with Crippen LogP contribution in [0.4, 0.5) is 28.4 Å². The Bertz CT molecular complexity index is 3160. The zero-order valence-electron chi connectivity index (χ0n) is 29.4. The van der Waals surface area contributed by atoms with Gasteiger partial charge in [-0.25, -0.2) is 14.8 Å². The topological polar surface area (TPSA) is 179 Å². The number of carbonyl (C=O) groups excluding carboxylic acids is 1. The average Bonchev–Trinajstić information content (AvgIpc) is 3.76. The second-order valence-corrected chi connectivity index (χ2v) is 13.4. The third kappa shape index (κ3) is 5.68. The van der Waals surface area contributed by atoms with Crippen LogP contribution in [0.15, 0.2) is 93.3 Å². The number of ether oxygens (including phenoxy) is 1. The summed E-state index contributed by atoms with van der Waals surface area (Å²) in [6.07, 6.45) is 0.641. The van der Waals surface area contributed by atoms with E-state index in [-0.39, 0.29) is 56.9 Å². The van der Waals surface area contributed by atoms with Crippen molar-refractivity contribution in [3.05, 3.63) is 117 Å². The summed E-state index contributed by atoms with van der Waals surface area (Å²) in [5, 5.41) is 50.9. The number of benzene rings is 4. The maximum absolute atomic E-state index is 12.3. The number of hydrogen-bond donors (Lipinski definition) is 2. The second-order valence-electron chi connectivity index (χ2n) is 12.5. The summed E-state index contributed by atoms with van der Waals surface area (Å²) in [4.78, 5) is 25.0. The lowest BCUT2D eigenvalue weighted by molar-refractivity contribution is 0.112. The number of pyridine rings is 2. The molecule has 0 radical (unpaired) electrons. The van der Waals surface area contributed by atoms with Crippen molar-refractivity contribution in [2.45, 2.75) is 13.8 Å². The molecule has 56 heavy (non-hydrogen) atoms. The van der Waals surface area contributed by atoms with E-state index in [0.717, 1.165) is 0 Å². The Hall–Kier alpha value is -7.39. The molecule has 4 aromatic heterocycles. The molecule has 0 atom stereocenters. The van der Waals surface area contributed by atoms with Crippen LogP contribution in [-0.4, -0.2) is 42.4 Å². The predicted molar refractivity (Wildman–Crippen MR) is 211 cm³/mol. The number of rotatable bonds is 7. The summed E-state index contributed by atoms with van der Waals surface area (Å²) < 4.78 is 8.50. The Morgan fingerprint density at radius 1 is 0.786 bits per heavy atom. The molecule has 0 amide bonds. The van der Waals surface area contributed by atoms with Crippen molar-refractivity contribution in [2.24, 2.45) is 20.5 Å². The van der Waals surface area contributed by atoms with Crippen molar-refractivity contribution in [2.75, 3.05) is 7.11 Å². The molecule has 4 heterocycles. The molecule has 0 aliphatic heterocycles. The van der Waals surface area contributed by atoms with Crippen molar-refractivity contribution in [1.82, 2.24) is 18.8 Å². The highest BCUT2D eigenvalue weighted by Crippen LogP contribution is 2.44. The van der Waals surface area contributed by atoms with E-state index in [2.05, 4.69) is 41.3 Å². The Labute approximate surface area is 326 Å². The fourth-order valence-electron chi connectivity index (χ4n) is 6.55. The highest BCUT2D eigenvalue weighted by atomic mass is 35.5. The van der Waals surface area contributed by atoms with Gasteiger partial charge in [0.15, 0.2) is 17.6 Å². The third-order valence-corrected chi connectivity index (χ3v) is 9.83. The number of nitriles is 1. The number of methoxy groups -OCH3 is 1. The molecular formula is C40H24Cl2N10O4. The van der Waals surface area contributed by atoms with Gasteiger partial charge in [-0.05, 0) is 91.2 Å². The SMILES string of the molecule is [C-]#[N+]c1c(C)c(N=Nc2ccc(-c3ccc(N=Nc4c(C)c(C#N)c5nc6cc(Cl)ccc6n5c4O)c(C=O)c3)cc2OC)c(O)n2c1nc1cc(Cl)ccc12. The van der Waals surface area contributed by atoms with E-state index in [1.807, 2.05) is 0 Å². The first kappa shape index (κ1) is 35.6. The van der Waals surface area contributed by atoms with E-state index in [1.54, 1.807) is 86.6 Å². The quantitative estimate of drug-likeness (QED) is 0.0917. The molecular weight excluding hydrogens is 755 g/mol. The lowest BCUT2D eigenvalue weighted by Crippen LogP contribution is -1.95. The van der Waals surface area contributed by atoms with Crippen LogP contribution in [0, 0.1) is 31.8 Å². The Kier molecular flexibility index (Phi) is 8.77. The molecule has 0 fully saturated rings. The second kappa shape index (κ2) is 13.8. The molecule has 0 saturated carbocycles. The molecule has 8 rings (SSSR count). The molecule has 8 aromatic rings. The van der Waals surface area contributed by atoms with E-state index in [9.17, 15) is 20.3 Å². The number of hydrogen-bond acceptors (Lipinski definition) is 11. The average molecular weight is 780 g/mol. The number of aromatic nitrogens is 4. The third-order valence-electron chi connectivity index (χ3n) is 9.36. The van der Waals surface area contributed by atoms with Crippen molar-refractivity contribution < 1.29 is 19.7 Å². The number of aldehydes is 1. The minimum absolute atomic E-state index is 0.0377. The van der Waals surface area contributed by atoms with E-state index in [1.165, 1.54) is 15.9 Å². The number of aromatic hydroxyl groups is 2. The Balaban J connectivity index is 1.13. The van der Waals surface area contributed by atoms with Gasteiger partial charge in [0.25, 0.3) is 0 Å². The van der Waals surface area contributed by atoms with Crippen LogP contribution in [-0.2, 0) is 0 Å². The maximum atomic E-state index is 12.3. The fourth-order valence-corrected chi connectivity index (χ4v) is 6.88. The molecule has 16 heteroatoms. The molecule has 2 N–H and O–H groups in total. The standard InChI is InChI=1S/C40H24Cl2N10O4/c1-19-26(17-43)37-45-29-15-24(41)7-11-31(29)51(37)39(54)35(19)49-47-27-9-5-21(13-23(27)18-53)22-6-10-28(33(14-22)56-4)48-50-36-20(2)34(44-3)38-46-30-16-25(42)8-12-32(30)52(38)40(36)55/h5-16,18,54-55H,1-2,4H3. The summed E-state index contributed by atoms with van der Waals surface area (Å²) in [6.45, 7) is 11.1. The summed E-state index contributed by atoms with van der Waals surface area (Å²) in [5.74, 6) is -0.181. The Morgan fingerprint density at radius 2 is 1.34 bits per heavy atom. The number of halogens is 2. The van der Waals surface area contributed by atoms with Crippen molar-refractivity contribution in [3.63, 3.8) is 0 Å². The Morgan fingerprint density at radius 3 is 1.93 bits per heavy atom. The van der Waals surface area contributed by atoms with E-state index in [0.29, 0.717) is 72.1 Å². The number of azo groups is 2. The van der Waals surface area contributed by atoms with Crippen molar-refractivity contribution >= 4 is 91.3 Å². The van der Waals surface area contributed by atoms with Gasteiger partial charge in [0.05, 0.1) is 41.4 Å². The summed E-state index contributed by atoms with van der Waals surface area (Å²) in [7, 11) is 1.47. The number of fused-ring (bicyclic) bond motifs is 6. The lowest BCUT2D eigenvalue weighted by Gasteiger charge is -2.11. The van der Waals surface area contributed by atoms with Crippen LogP contribution in [0.1, 0.15) is 27.0 Å². The van der Waals surface area contributed by atoms with Crippen LogP contribution < -0.4 is 4.74 Å². The zero-order valence-corrected chi connectivity index (χ0v) is 31.0. The van der Waals surface area contributed by atoms with Gasteiger partial charge in [-0.2, -0.15) is 5.26 Å². The van der Waals surface area contributed by atoms with Crippen molar-refractivity contribution in [3.8, 4) is 34.7 Å². The highest BCUT2D eigenvalue weighted by Gasteiger charge is 2.23. The minimum atomic E-state index is -0.281. The van der Waals surface area contributed by atoms with Gasteiger partial charge in [-0.3, -0.25) is 13.6 Å². The number of nitrogens with zero attached hydrogens (tertiary/aromatic N) is 10. The lowest BCUT2D eigenvalue weighted by atomic mass is 10.0. The van der Waals surface area contributed by atoms with E-state index in [4.69, 9.17) is 34.5 Å². The monoisotopic (exact) mass is 778 g/mol. The van der Waals surface area contributed by atoms with Gasteiger partial charge in [0.1, 0.15) is 34.4 Å². The van der Waals surface area contributed by atoms with Crippen LogP contribution >= 0.6 is 23.2 Å².